The number of aliphatic hydroxyl groups excluding tert-OH is 1. The molecule has 1 rings (SSSR count). The van der Waals surface area contributed by atoms with Crippen LogP contribution in [0.3, 0.4) is 0 Å². The Morgan fingerprint density at radius 1 is 1.27 bits per heavy atom. The maximum atomic E-state index is 9.76. The Morgan fingerprint density at radius 2 is 2.00 bits per heavy atom. The van der Waals surface area contributed by atoms with Crippen molar-refractivity contribution in [1.82, 2.24) is 10.2 Å². The third-order valence-corrected chi connectivity index (χ3v) is 3.00. The molecular formula is C12H26N2O. The Balaban J connectivity index is 1.91. The summed E-state index contributed by atoms with van der Waals surface area (Å²) < 4.78 is 0. The molecule has 1 atom stereocenters. The zero-order valence-electron chi connectivity index (χ0n) is 10.0. The van der Waals surface area contributed by atoms with Crippen LogP contribution in [0.4, 0.5) is 0 Å². The van der Waals surface area contributed by atoms with Crippen molar-refractivity contribution in [2.75, 3.05) is 32.7 Å². The maximum absolute atomic E-state index is 9.76. The second-order valence-electron chi connectivity index (χ2n) is 4.57. The summed E-state index contributed by atoms with van der Waals surface area (Å²) in [5, 5.41) is 13.1. The predicted molar refractivity (Wildman–Crippen MR) is 64.1 cm³/mol. The van der Waals surface area contributed by atoms with Gasteiger partial charge >= 0.3 is 0 Å². The Bertz CT molecular complexity index is 147. The first-order chi connectivity index (χ1) is 7.33. The van der Waals surface area contributed by atoms with Gasteiger partial charge in [-0.1, -0.05) is 19.8 Å². The minimum atomic E-state index is -0.190. The second-order valence-corrected chi connectivity index (χ2v) is 4.57. The lowest BCUT2D eigenvalue weighted by Crippen LogP contribution is -2.37. The predicted octanol–water partition coefficient (Wildman–Crippen LogP) is 1.22. The molecule has 0 spiro atoms. The van der Waals surface area contributed by atoms with Crippen LogP contribution >= 0.6 is 0 Å². The van der Waals surface area contributed by atoms with Gasteiger partial charge in [0.25, 0.3) is 0 Å². The fourth-order valence-electron chi connectivity index (χ4n) is 2.10. The van der Waals surface area contributed by atoms with Crippen LogP contribution in [-0.4, -0.2) is 48.8 Å². The quantitative estimate of drug-likeness (QED) is 0.596. The summed E-state index contributed by atoms with van der Waals surface area (Å²) in [6.45, 7) is 7.20. The number of aliphatic hydroxyl groups is 1. The molecule has 0 aliphatic carbocycles. The number of nitrogens with one attached hydrogen (secondary N) is 1. The molecule has 0 aromatic heterocycles. The van der Waals surface area contributed by atoms with Crippen LogP contribution in [0.1, 0.15) is 39.0 Å². The average Bonchev–Trinajstić information content (AvgIpc) is 2.70. The highest BCUT2D eigenvalue weighted by Crippen LogP contribution is 2.07. The monoisotopic (exact) mass is 214 g/mol. The minimum Gasteiger partial charge on any atom is -0.390 e. The van der Waals surface area contributed by atoms with Gasteiger partial charge in [0.1, 0.15) is 0 Å². The van der Waals surface area contributed by atoms with Crippen LogP contribution in [0.25, 0.3) is 0 Å². The molecule has 3 nitrogen and oxygen atoms in total. The number of hydrogen-bond donors (Lipinski definition) is 2. The van der Waals surface area contributed by atoms with Gasteiger partial charge in [-0.25, -0.2) is 0 Å². The van der Waals surface area contributed by atoms with Crippen molar-refractivity contribution in [2.45, 2.75) is 45.1 Å². The lowest BCUT2D eigenvalue weighted by atomic mass is 10.2. The summed E-state index contributed by atoms with van der Waals surface area (Å²) in [6, 6.07) is 0. The number of β-amino-alcohol motifs (C(OH)–C–C–N with tert-alkyl or cyclic N) is 1. The highest BCUT2D eigenvalue weighted by atomic mass is 16.3. The number of nitrogens with zero attached hydrogens (tertiary/aromatic N) is 1. The number of likely N-dealkylation sites (tertiary alicyclic amines) is 1. The van der Waals surface area contributed by atoms with E-state index in [0.29, 0.717) is 0 Å². The number of hydrogen-bond acceptors (Lipinski definition) is 3. The topological polar surface area (TPSA) is 35.5 Å². The van der Waals surface area contributed by atoms with Crippen molar-refractivity contribution in [3.8, 4) is 0 Å². The van der Waals surface area contributed by atoms with Gasteiger partial charge in [0.2, 0.25) is 0 Å². The van der Waals surface area contributed by atoms with Crippen LogP contribution in [0.15, 0.2) is 0 Å². The third-order valence-electron chi connectivity index (χ3n) is 3.00. The Hall–Kier alpha value is -0.120. The van der Waals surface area contributed by atoms with Gasteiger partial charge in [-0.2, -0.15) is 0 Å². The zero-order valence-corrected chi connectivity index (χ0v) is 10.0. The highest BCUT2D eigenvalue weighted by Gasteiger charge is 2.14. The summed E-state index contributed by atoms with van der Waals surface area (Å²) in [7, 11) is 0. The molecule has 1 fully saturated rings. The van der Waals surface area contributed by atoms with Gasteiger partial charge in [-0.15, -0.1) is 0 Å². The fourth-order valence-corrected chi connectivity index (χ4v) is 2.10. The van der Waals surface area contributed by atoms with Crippen molar-refractivity contribution in [3.05, 3.63) is 0 Å². The van der Waals surface area contributed by atoms with Crippen LogP contribution < -0.4 is 5.32 Å². The van der Waals surface area contributed by atoms with Crippen molar-refractivity contribution in [2.24, 2.45) is 0 Å². The molecule has 3 heteroatoms. The molecule has 0 aromatic rings. The molecule has 1 aliphatic rings. The SMILES string of the molecule is CCCCCNCC(O)CN1CCCC1. The summed E-state index contributed by atoms with van der Waals surface area (Å²) in [5.41, 5.74) is 0. The van der Waals surface area contributed by atoms with E-state index < -0.39 is 0 Å². The zero-order chi connectivity index (χ0) is 10.9. The van der Waals surface area contributed by atoms with E-state index in [9.17, 15) is 5.11 Å². The van der Waals surface area contributed by atoms with Crippen LogP contribution in [-0.2, 0) is 0 Å². The number of unbranched alkanes of at least 4 members (excludes halogenated alkanes) is 2. The van der Waals surface area contributed by atoms with Gasteiger partial charge < -0.3 is 15.3 Å². The molecule has 90 valence electrons. The number of rotatable bonds is 8. The van der Waals surface area contributed by atoms with E-state index >= 15 is 0 Å². The Morgan fingerprint density at radius 3 is 2.67 bits per heavy atom. The van der Waals surface area contributed by atoms with Crippen molar-refractivity contribution in [3.63, 3.8) is 0 Å². The second kappa shape index (κ2) is 8.08. The van der Waals surface area contributed by atoms with Gasteiger partial charge in [-0.05, 0) is 38.9 Å². The van der Waals surface area contributed by atoms with Crippen molar-refractivity contribution < 1.29 is 5.11 Å². The highest BCUT2D eigenvalue weighted by molar-refractivity contribution is 4.71. The molecule has 15 heavy (non-hydrogen) atoms. The van der Waals surface area contributed by atoms with Gasteiger partial charge in [0.15, 0.2) is 0 Å². The fraction of sp³-hybridized carbons (Fsp3) is 1.00. The van der Waals surface area contributed by atoms with Crippen LogP contribution in [0, 0.1) is 0 Å². The smallest absolute Gasteiger partial charge is 0.0791 e. The first kappa shape index (κ1) is 12.9. The molecule has 1 heterocycles. The average molecular weight is 214 g/mol. The standard InChI is InChI=1S/C12H26N2O/c1-2-3-4-7-13-10-12(15)11-14-8-5-6-9-14/h12-13,15H,2-11H2,1H3. The molecule has 1 saturated heterocycles. The van der Waals surface area contributed by atoms with Crippen molar-refractivity contribution >= 4 is 0 Å². The lowest BCUT2D eigenvalue weighted by Gasteiger charge is -2.19. The Labute approximate surface area is 93.9 Å². The summed E-state index contributed by atoms with van der Waals surface area (Å²) >= 11 is 0. The summed E-state index contributed by atoms with van der Waals surface area (Å²) in [4.78, 5) is 2.36. The van der Waals surface area contributed by atoms with E-state index in [2.05, 4.69) is 17.1 Å². The lowest BCUT2D eigenvalue weighted by molar-refractivity contribution is 0.123. The molecule has 2 N–H and O–H groups in total. The first-order valence-electron chi connectivity index (χ1n) is 6.44. The van der Waals surface area contributed by atoms with E-state index in [1.807, 2.05) is 0 Å². The largest absolute Gasteiger partial charge is 0.390 e. The minimum absolute atomic E-state index is 0.190. The van der Waals surface area contributed by atoms with Crippen LogP contribution in [0.5, 0.6) is 0 Å². The normalized spacial score (nSPS) is 19.6. The molecule has 0 bridgehead atoms. The molecule has 1 unspecified atom stereocenters. The van der Waals surface area contributed by atoms with Crippen LogP contribution in [0.2, 0.25) is 0 Å². The molecule has 0 amide bonds. The van der Waals surface area contributed by atoms with Gasteiger partial charge in [0.05, 0.1) is 6.10 Å². The third kappa shape index (κ3) is 6.13. The first-order valence-corrected chi connectivity index (χ1v) is 6.44. The Kier molecular flexibility index (Phi) is 6.98. The van der Waals surface area contributed by atoms with E-state index in [-0.39, 0.29) is 6.10 Å². The molecule has 0 radical (unpaired) electrons. The maximum Gasteiger partial charge on any atom is 0.0791 e. The van der Waals surface area contributed by atoms with Gasteiger partial charge in [0, 0.05) is 13.1 Å². The molecule has 1 aliphatic heterocycles. The summed E-state index contributed by atoms with van der Waals surface area (Å²) in [6.07, 6.45) is 6.19. The molecule has 0 saturated carbocycles. The molecular weight excluding hydrogens is 188 g/mol. The summed E-state index contributed by atoms with van der Waals surface area (Å²) in [5.74, 6) is 0. The van der Waals surface area contributed by atoms with Gasteiger partial charge in [-0.3, -0.25) is 0 Å². The van der Waals surface area contributed by atoms with E-state index in [1.165, 1.54) is 45.2 Å². The van der Waals surface area contributed by atoms with Crippen molar-refractivity contribution in [1.29, 1.82) is 0 Å². The van der Waals surface area contributed by atoms with E-state index in [4.69, 9.17) is 0 Å². The molecule has 0 aromatic carbocycles. The van der Waals surface area contributed by atoms with E-state index in [0.717, 1.165) is 19.6 Å². The van der Waals surface area contributed by atoms with E-state index in [1.54, 1.807) is 0 Å².